The summed E-state index contributed by atoms with van der Waals surface area (Å²) in [5.74, 6) is -0.284. The second kappa shape index (κ2) is 5.16. The van der Waals surface area contributed by atoms with Crippen molar-refractivity contribution in [1.82, 2.24) is 0 Å². The summed E-state index contributed by atoms with van der Waals surface area (Å²) < 4.78 is 6.65. The van der Waals surface area contributed by atoms with E-state index in [-0.39, 0.29) is 5.41 Å². The van der Waals surface area contributed by atoms with Gasteiger partial charge >= 0.3 is 5.97 Å². The lowest BCUT2D eigenvalue weighted by Crippen LogP contribution is -2.30. The molecule has 2 rings (SSSR count). The Bertz CT molecular complexity index is 503. The highest BCUT2D eigenvalue weighted by Crippen LogP contribution is 2.37. The molecule has 0 aromatic heterocycles. The van der Waals surface area contributed by atoms with Gasteiger partial charge in [0.15, 0.2) is 0 Å². The van der Waals surface area contributed by atoms with Gasteiger partial charge < -0.3 is 9.84 Å². The molecule has 1 aromatic carbocycles. The summed E-state index contributed by atoms with van der Waals surface area (Å²) >= 11 is 3.49. The van der Waals surface area contributed by atoms with Gasteiger partial charge in [0.1, 0.15) is 5.75 Å². The van der Waals surface area contributed by atoms with E-state index in [0.717, 1.165) is 22.2 Å². The Hall–Kier alpha value is -1.03. The molecule has 19 heavy (non-hydrogen) atoms. The van der Waals surface area contributed by atoms with Crippen LogP contribution in [0, 0.1) is 11.3 Å². The fraction of sp³-hybridized carbons (Fsp3) is 0.533. The Balaban J connectivity index is 2.35. The van der Waals surface area contributed by atoms with Gasteiger partial charge in [0.05, 0.1) is 12.5 Å². The molecular formula is C15H19BrO3. The molecule has 1 aromatic rings. The van der Waals surface area contributed by atoms with Gasteiger partial charge in [0, 0.05) is 10.9 Å². The number of carbonyl (C=O) groups is 1. The van der Waals surface area contributed by atoms with E-state index in [1.165, 1.54) is 5.56 Å². The Morgan fingerprint density at radius 1 is 1.47 bits per heavy atom. The van der Waals surface area contributed by atoms with Crippen LogP contribution in [0.4, 0.5) is 0 Å². The zero-order chi connectivity index (χ0) is 14.2. The maximum atomic E-state index is 11.5. The number of carboxylic acid groups (broad SMARTS) is 1. The van der Waals surface area contributed by atoms with Gasteiger partial charge in [-0.25, -0.2) is 0 Å². The van der Waals surface area contributed by atoms with Crippen LogP contribution >= 0.6 is 15.9 Å². The minimum Gasteiger partial charge on any atom is -0.493 e. The van der Waals surface area contributed by atoms with Crippen LogP contribution in [-0.4, -0.2) is 17.7 Å². The van der Waals surface area contributed by atoms with Gasteiger partial charge in [-0.3, -0.25) is 4.79 Å². The van der Waals surface area contributed by atoms with Crippen molar-refractivity contribution in [3.63, 3.8) is 0 Å². The molecule has 1 heterocycles. The number of hydrogen-bond donors (Lipinski definition) is 1. The summed E-state index contributed by atoms with van der Waals surface area (Å²) in [5, 5.41) is 9.44. The minimum absolute atomic E-state index is 0.278. The lowest BCUT2D eigenvalue weighted by molar-refractivity contribution is -0.145. The summed E-state index contributed by atoms with van der Waals surface area (Å²) in [5.41, 5.74) is 1.88. The molecule has 1 atom stereocenters. The first-order valence-electron chi connectivity index (χ1n) is 6.46. The van der Waals surface area contributed by atoms with Gasteiger partial charge in [0.25, 0.3) is 0 Å². The third-order valence-electron chi connectivity index (χ3n) is 3.59. The maximum Gasteiger partial charge on any atom is 0.307 e. The highest BCUT2D eigenvalue weighted by Gasteiger charge is 2.33. The van der Waals surface area contributed by atoms with Crippen LogP contribution in [-0.2, 0) is 17.6 Å². The fourth-order valence-electron chi connectivity index (χ4n) is 2.48. The first-order valence-corrected chi connectivity index (χ1v) is 7.25. The molecule has 0 spiro atoms. The maximum absolute atomic E-state index is 11.5. The predicted molar refractivity (Wildman–Crippen MR) is 77.6 cm³/mol. The number of halogens is 1. The molecule has 0 saturated carbocycles. The molecule has 3 nitrogen and oxygen atoms in total. The molecule has 1 aliphatic heterocycles. The number of carboxylic acids is 1. The zero-order valence-electron chi connectivity index (χ0n) is 11.5. The number of hydrogen-bond acceptors (Lipinski definition) is 2. The zero-order valence-corrected chi connectivity index (χ0v) is 13.1. The van der Waals surface area contributed by atoms with E-state index in [2.05, 4.69) is 22.0 Å². The SMILES string of the molecule is CC(C)(C)C(Cc1cc(Br)cc2c1OCC2)C(=O)O. The van der Waals surface area contributed by atoms with E-state index >= 15 is 0 Å². The number of fused-ring (bicyclic) bond motifs is 1. The number of ether oxygens (including phenoxy) is 1. The molecule has 1 unspecified atom stereocenters. The Labute approximate surface area is 122 Å². The molecule has 0 amide bonds. The molecule has 0 aliphatic carbocycles. The summed E-state index contributed by atoms with van der Waals surface area (Å²) in [6.45, 7) is 6.58. The van der Waals surface area contributed by atoms with Gasteiger partial charge in [-0.15, -0.1) is 0 Å². The van der Waals surface area contributed by atoms with Crippen LogP contribution < -0.4 is 4.74 Å². The second-order valence-electron chi connectivity index (χ2n) is 6.11. The number of benzene rings is 1. The smallest absolute Gasteiger partial charge is 0.307 e. The highest BCUT2D eigenvalue weighted by molar-refractivity contribution is 9.10. The molecule has 4 heteroatoms. The van der Waals surface area contributed by atoms with E-state index in [9.17, 15) is 9.90 Å². The second-order valence-corrected chi connectivity index (χ2v) is 7.03. The minimum atomic E-state index is -0.751. The molecule has 1 N–H and O–H groups in total. The van der Waals surface area contributed by atoms with Crippen molar-refractivity contribution in [1.29, 1.82) is 0 Å². The van der Waals surface area contributed by atoms with Crippen molar-refractivity contribution < 1.29 is 14.6 Å². The van der Waals surface area contributed by atoms with Crippen molar-refractivity contribution in [2.75, 3.05) is 6.61 Å². The van der Waals surface area contributed by atoms with Crippen molar-refractivity contribution >= 4 is 21.9 Å². The van der Waals surface area contributed by atoms with Gasteiger partial charge in [-0.2, -0.15) is 0 Å². The molecular weight excluding hydrogens is 308 g/mol. The van der Waals surface area contributed by atoms with E-state index in [4.69, 9.17) is 4.74 Å². The summed E-state index contributed by atoms with van der Waals surface area (Å²) in [6, 6.07) is 4.03. The van der Waals surface area contributed by atoms with Crippen LogP contribution in [0.1, 0.15) is 31.9 Å². The van der Waals surface area contributed by atoms with Crippen LogP contribution in [0.5, 0.6) is 5.75 Å². The van der Waals surface area contributed by atoms with Crippen molar-refractivity contribution in [2.45, 2.75) is 33.6 Å². The van der Waals surface area contributed by atoms with E-state index in [0.29, 0.717) is 13.0 Å². The Kier molecular flexibility index (Phi) is 3.90. The van der Waals surface area contributed by atoms with E-state index in [1.54, 1.807) is 0 Å². The lowest BCUT2D eigenvalue weighted by atomic mass is 9.77. The largest absolute Gasteiger partial charge is 0.493 e. The van der Waals surface area contributed by atoms with Gasteiger partial charge in [-0.05, 0) is 35.1 Å². The molecule has 104 valence electrons. The van der Waals surface area contributed by atoms with Crippen LogP contribution in [0.15, 0.2) is 16.6 Å². The normalized spacial score (nSPS) is 15.8. The monoisotopic (exact) mass is 326 g/mol. The Morgan fingerprint density at radius 3 is 2.74 bits per heavy atom. The average molecular weight is 327 g/mol. The molecule has 0 bridgehead atoms. The number of rotatable bonds is 3. The Morgan fingerprint density at radius 2 is 2.16 bits per heavy atom. The number of aliphatic carboxylic acids is 1. The summed E-state index contributed by atoms with van der Waals surface area (Å²) in [4.78, 5) is 11.5. The van der Waals surface area contributed by atoms with Crippen molar-refractivity contribution in [2.24, 2.45) is 11.3 Å². The molecule has 0 fully saturated rings. The molecule has 0 saturated heterocycles. The standard InChI is InChI=1S/C15H19BrO3/c1-15(2,3)12(14(17)18)8-10-7-11(16)6-9-4-5-19-13(9)10/h6-7,12H,4-5,8H2,1-3H3,(H,17,18). The third kappa shape index (κ3) is 3.11. The van der Waals surface area contributed by atoms with Gasteiger partial charge in [-0.1, -0.05) is 36.7 Å². The topological polar surface area (TPSA) is 46.5 Å². The molecule has 0 radical (unpaired) electrons. The van der Waals surface area contributed by atoms with Crippen LogP contribution in [0.25, 0.3) is 0 Å². The first-order chi connectivity index (χ1) is 8.79. The van der Waals surface area contributed by atoms with Crippen molar-refractivity contribution in [3.8, 4) is 5.75 Å². The first kappa shape index (κ1) is 14.4. The fourth-order valence-corrected chi connectivity index (χ4v) is 3.03. The van der Waals surface area contributed by atoms with E-state index in [1.807, 2.05) is 26.8 Å². The van der Waals surface area contributed by atoms with Gasteiger partial charge in [0.2, 0.25) is 0 Å². The quantitative estimate of drug-likeness (QED) is 0.921. The van der Waals surface area contributed by atoms with Crippen LogP contribution in [0.3, 0.4) is 0 Å². The average Bonchev–Trinajstić information content (AvgIpc) is 2.70. The molecule has 1 aliphatic rings. The third-order valence-corrected chi connectivity index (χ3v) is 4.05. The highest BCUT2D eigenvalue weighted by atomic mass is 79.9. The summed E-state index contributed by atoms with van der Waals surface area (Å²) in [7, 11) is 0. The lowest BCUT2D eigenvalue weighted by Gasteiger charge is -2.27. The van der Waals surface area contributed by atoms with E-state index < -0.39 is 11.9 Å². The van der Waals surface area contributed by atoms with Crippen LogP contribution in [0.2, 0.25) is 0 Å². The summed E-state index contributed by atoms with van der Waals surface area (Å²) in [6.07, 6.45) is 1.40. The predicted octanol–water partition coefficient (Wildman–Crippen LogP) is 3.67. The van der Waals surface area contributed by atoms with Crippen molar-refractivity contribution in [3.05, 3.63) is 27.7 Å².